The Morgan fingerprint density at radius 3 is 2.42 bits per heavy atom. The smallest absolute Gasteiger partial charge is 0.256 e. The van der Waals surface area contributed by atoms with E-state index in [0.29, 0.717) is 0 Å². The third-order valence-corrected chi connectivity index (χ3v) is 9.29. The third kappa shape index (κ3) is 2.05. The molecule has 6 aromatic carbocycles. The van der Waals surface area contributed by atoms with E-state index < -0.39 is 0 Å². The van der Waals surface area contributed by atoms with Crippen LogP contribution in [0, 0.1) is 0 Å². The number of hydrogen-bond acceptors (Lipinski definition) is 2. The summed E-state index contributed by atoms with van der Waals surface area (Å²) in [4.78, 5) is 5.22. The van der Waals surface area contributed by atoms with Crippen molar-refractivity contribution in [2.24, 2.45) is 0 Å². The summed E-state index contributed by atoms with van der Waals surface area (Å²) in [5, 5.41) is 6.23. The summed E-state index contributed by atoms with van der Waals surface area (Å²) in [6.45, 7) is 0.0985. The van der Waals surface area contributed by atoms with Crippen LogP contribution in [0.25, 0.3) is 65.8 Å². The molecule has 182 valence electrons. The Bertz CT molecular complexity index is 2590. The summed E-state index contributed by atoms with van der Waals surface area (Å²) >= 11 is 0. The van der Waals surface area contributed by atoms with E-state index in [1.165, 1.54) is 60.2 Å². The molecule has 2 aliphatic heterocycles. The fourth-order valence-corrected chi connectivity index (χ4v) is 7.83. The van der Waals surface area contributed by atoms with Crippen molar-refractivity contribution in [2.45, 2.75) is 0 Å². The minimum Gasteiger partial charge on any atom is -0.458 e. The second-order valence-corrected chi connectivity index (χ2v) is 11.1. The van der Waals surface area contributed by atoms with Crippen molar-refractivity contribution >= 4 is 83.3 Å². The van der Waals surface area contributed by atoms with Crippen LogP contribution in [0.1, 0.15) is 0 Å². The highest BCUT2D eigenvalue weighted by Crippen LogP contribution is 2.46. The molecule has 9 aromatic rings. The van der Waals surface area contributed by atoms with E-state index in [0.717, 1.165) is 33.6 Å². The second kappa shape index (κ2) is 6.46. The monoisotopic (exact) mass is 507 g/mol. The van der Waals surface area contributed by atoms with Crippen molar-refractivity contribution in [1.29, 1.82) is 0 Å². The molecule has 4 nitrogen and oxygen atoms in total. The van der Waals surface area contributed by atoms with E-state index in [2.05, 4.69) is 118 Å². The molecular formula is C35H18BN3O. The highest BCUT2D eigenvalue weighted by Gasteiger charge is 2.41. The van der Waals surface area contributed by atoms with Gasteiger partial charge in [0.05, 0.1) is 27.6 Å². The molecule has 0 amide bonds. The number of imidazole rings is 1. The Balaban J connectivity index is 1.52. The molecule has 0 radical (unpaired) electrons. The molecule has 0 unspecified atom stereocenters. The van der Waals surface area contributed by atoms with Gasteiger partial charge in [-0.15, -0.1) is 0 Å². The van der Waals surface area contributed by atoms with Gasteiger partial charge in [-0.05, 0) is 64.2 Å². The Morgan fingerprint density at radius 1 is 0.625 bits per heavy atom. The van der Waals surface area contributed by atoms with Crippen LogP contribution in [0.3, 0.4) is 0 Å². The van der Waals surface area contributed by atoms with Gasteiger partial charge in [0, 0.05) is 27.2 Å². The predicted octanol–water partition coefficient (Wildman–Crippen LogP) is 6.26. The summed E-state index contributed by atoms with van der Waals surface area (Å²) in [6, 6.07) is 39.4. The van der Waals surface area contributed by atoms with Crippen molar-refractivity contribution in [2.75, 3.05) is 0 Å². The van der Waals surface area contributed by atoms with Crippen LogP contribution in [0.4, 0.5) is 0 Å². The number of fused-ring (bicyclic) bond motifs is 11. The van der Waals surface area contributed by atoms with Crippen molar-refractivity contribution in [3.63, 3.8) is 0 Å². The van der Waals surface area contributed by atoms with Gasteiger partial charge < -0.3 is 9.30 Å². The minimum atomic E-state index is 0.0985. The van der Waals surface area contributed by atoms with E-state index in [9.17, 15) is 0 Å². The van der Waals surface area contributed by atoms with Gasteiger partial charge in [0.25, 0.3) is 6.71 Å². The van der Waals surface area contributed by atoms with Crippen molar-refractivity contribution in [3.8, 4) is 17.2 Å². The number of nitrogens with zero attached hydrogens (tertiary/aromatic N) is 3. The van der Waals surface area contributed by atoms with Gasteiger partial charge >= 0.3 is 0 Å². The number of pyridine rings is 2. The van der Waals surface area contributed by atoms with E-state index in [-0.39, 0.29) is 6.71 Å². The molecule has 11 rings (SSSR count). The summed E-state index contributed by atoms with van der Waals surface area (Å²) in [6.07, 6.45) is 0. The zero-order chi connectivity index (χ0) is 25.7. The predicted molar refractivity (Wildman–Crippen MR) is 164 cm³/mol. The van der Waals surface area contributed by atoms with Gasteiger partial charge in [-0.2, -0.15) is 0 Å². The zero-order valence-electron chi connectivity index (χ0n) is 21.2. The van der Waals surface area contributed by atoms with E-state index in [1.807, 2.05) is 0 Å². The Kier molecular flexibility index (Phi) is 3.19. The first-order valence-electron chi connectivity index (χ1n) is 13.8. The second-order valence-electron chi connectivity index (χ2n) is 11.1. The molecule has 0 saturated carbocycles. The lowest BCUT2D eigenvalue weighted by Crippen LogP contribution is -2.58. The lowest BCUT2D eigenvalue weighted by atomic mass is 9.34. The molecule has 0 atom stereocenters. The van der Waals surface area contributed by atoms with Gasteiger partial charge in [0.15, 0.2) is 0 Å². The molecule has 5 heterocycles. The molecule has 0 aliphatic carbocycles. The number of para-hydroxylation sites is 4. The van der Waals surface area contributed by atoms with E-state index >= 15 is 0 Å². The average Bonchev–Trinajstić information content (AvgIpc) is 3.40. The van der Waals surface area contributed by atoms with Gasteiger partial charge in [-0.3, -0.25) is 4.40 Å². The van der Waals surface area contributed by atoms with Crippen LogP contribution >= 0.6 is 0 Å². The zero-order valence-corrected chi connectivity index (χ0v) is 21.2. The number of ether oxygens (including phenoxy) is 1. The summed E-state index contributed by atoms with van der Waals surface area (Å²) in [5.74, 6) is 1.85. The molecular weight excluding hydrogens is 489 g/mol. The van der Waals surface area contributed by atoms with Crippen LogP contribution in [-0.2, 0) is 0 Å². The molecule has 0 spiro atoms. The van der Waals surface area contributed by atoms with E-state index in [1.54, 1.807) is 0 Å². The lowest BCUT2D eigenvalue weighted by molar-refractivity contribution is 0.488. The summed E-state index contributed by atoms with van der Waals surface area (Å²) in [7, 11) is 0. The summed E-state index contributed by atoms with van der Waals surface area (Å²) in [5.41, 5.74) is 11.8. The minimum absolute atomic E-state index is 0.0985. The molecule has 0 bridgehead atoms. The topological polar surface area (TPSA) is 31.5 Å². The summed E-state index contributed by atoms with van der Waals surface area (Å²) < 4.78 is 11.6. The highest BCUT2D eigenvalue weighted by atomic mass is 16.5. The Morgan fingerprint density at radius 2 is 1.45 bits per heavy atom. The number of benzene rings is 6. The third-order valence-electron chi connectivity index (χ3n) is 9.29. The fraction of sp³-hybridized carbons (Fsp3) is 0. The highest BCUT2D eigenvalue weighted by molar-refractivity contribution is 6.99. The van der Waals surface area contributed by atoms with Crippen LogP contribution in [-0.4, -0.2) is 20.7 Å². The normalized spacial score (nSPS) is 13.7. The van der Waals surface area contributed by atoms with Gasteiger partial charge in [-0.1, -0.05) is 66.7 Å². The lowest BCUT2D eigenvalue weighted by Gasteiger charge is -2.36. The van der Waals surface area contributed by atoms with Crippen LogP contribution in [0.2, 0.25) is 0 Å². The maximum atomic E-state index is 6.76. The van der Waals surface area contributed by atoms with Crippen molar-refractivity contribution in [3.05, 3.63) is 109 Å². The van der Waals surface area contributed by atoms with Crippen LogP contribution in [0.15, 0.2) is 109 Å². The maximum absolute atomic E-state index is 6.76. The van der Waals surface area contributed by atoms with Crippen LogP contribution < -0.4 is 21.1 Å². The van der Waals surface area contributed by atoms with Gasteiger partial charge in [0.2, 0.25) is 0 Å². The molecule has 40 heavy (non-hydrogen) atoms. The molecule has 3 aromatic heterocycles. The van der Waals surface area contributed by atoms with Crippen molar-refractivity contribution < 1.29 is 4.74 Å². The molecule has 0 saturated heterocycles. The number of aromatic nitrogens is 3. The molecule has 0 fully saturated rings. The SMILES string of the molecule is c1ccc2c(c1)Oc1cc3c4c5c6c(cccc6n6c4c1B2c1ccccc1-6)ccc5n1c2ccccc2nc31. The quantitative estimate of drug-likeness (QED) is 0.138. The van der Waals surface area contributed by atoms with Crippen molar-refractivity contribution in [1.82, 2.24) is 14.0 Å². The maximum Gasteiger partial charge on any atom is 0.256 e. The van der Waals surface area contributed by atoms with Gasteiger partial charge in [0.1, 0.15) is 17.1 Å². The first-order chi connectivity index (χ1) is 19.9. The molecule has 5 heteroatoms. The number of hydrogen-bond donors (Lipinski definition) is 0. The molecule has 0 N–H and O–H groups in total. The fourth-order valence-electron chi connectivity index (χ4n) is 7.83. The Hall–Kier alpha value is -5.29. The number of rotatable bonds is 0. The molecule has 2 aliphatic rings. The average molecular weight is 507 g/mol. The van der Waals surface area contributed by atoms with E-state index in [4.69, 9.17) is 9.72 Å². The van der Waals surface area contributed by atoms with Gasteiger partial charge in [-0.25, -0.2) is 4.98 Å². The Labute approximate surface area is 228 Å². The largest absolute Gasteiger partial charge is 0.458 e. The first-order valence-corrected chi connectivity index (χ1v) is 13.8. The standard InChI is InChI=1S/C35H18BN3O/c1-4-12-24-21(9-1)36-22-10-2-6-15-28(22)40-29-18-20-31-32-27(39-25-13-5-3-11-23(25)37-35(20)39)17-16-19-8-7-14-26(30(19)32)38(24)34(31)33(29)36/h1-18H. The first kappa shape index (κ1) is 19.7. The van der Waals surface area contributed by atoms with Crippen LogP contribution in [0.5, 0.6) is 11.5 Å².